The van der Waals surface area contributed by atoms with Crippen LogP contribution in [0, 0.1) is 6.92 Å². The topological polar surface area (TPSA) is 25.0 Å². The molecule has 0 aliphatic rings. The number of halogens is 3. The Hall–Kier alpha value is -2.43. The van der Waals surface area contributed by atoms with Gasteiger partial charge in [-0.3, -0.25) is 0 Å². The molecule has 0 aliphatic carbocycles. The highest BCUT2D eigenvalue weighted by Crippen LogP contribution is 2.29. The van der Waals surface area contributed by atoms with Crippen LogP contribution in [0.3, 0.4) is 0 Å². The molecule has 1 heterocycles. The van der Waals surface area contributed by atoms with Crippen molar-refractivity contribution in [3.05, 3.63) is 54.2 Å². The summed E-state index contributed by atoms with van der Waals surface area (Å²) in [4.78, 5) is 3.14. The number of aromatic nitrogens is 1. The fraction of sp³-hybridized carbons (Fsp3) is 0.125. The minimum atomic E-state index is -4.67. The van der Waals surface area contributed by atoms with Crippen molar-refractivity contribution < 1.29 is 17.9 Å². The number of aryl methyl sites for hydroxylation is 1. The van der Waals surface area contributed by atoms with Gasteiger partial charge < -0.3 is 9.72 Å². The van der Waals surface area contributed by atoms with Crippen LogP contribution in [0.5, 0.6) is 5.75 Å². The average Bonchev–Trinajstić information content (AvgIpc) is 2.86. The van der Waals surface area contributed by atoms with Crippen LogP contribution in [-0.4, -0.2) is 11.3 Å². The summed E-state index contributed by atoms with van der Waals surface area (Å²) in [5.74, 6) is -0.219. The lowest BCUT2D eigenvalue weighted by atomic mass is 10.0. The predicted molar refractivity (Wildman–Crippen MR) is 75.2 cm³/mol. The maximum atomic E-state index is 12.1. The molecule has 0 aliphatic heterocycles. The molecule has 1 aromatic heterocycles. The highest BCUT2D eigenvalue weighted by atomic mass is 19.4. The number of hydrogen-bond donors (Lipinski definition) is 1. The number of ether oxygens (including phenoxy) is 1. The number of alkyl halides is 3. The van der Waals surface area contributed by atoms with Crippen molar-refractivity contribution in [3.8, 4) is 16.9 Å². The van der Waals surface area contributed by atoms with E-state index in [4.69, 9.17) is 0 Å². The van der Waals surface area contributed by atoms with Crippen molar-refractivity contribution in [2.45, 2.75) is 13.3 Å². The third kappa shape index (κ3) is 2.86. The van der Waals surface area contributed by atoms with Crippen LogP contribution in [0.25, 0.3) is 22.0 Å². The summed E-state index contributed by atoms with van der Waals surface area (Å²) >= 11 is 0. The molecule has 0 unspecified atom stereocenters. The van der Waals surface area contributed by atoms with E-state index in [2.05, 4.69) is 9.72 Å². The van der Waals surface area contributed by atoms with Gasteiger partial charge in [-0.25, -0.2) is 0 Å². The number of nitrogens with one attached hydrogen (secondary N) is 1. The van der Waals surface area contributed by atoms with Gasteiger partial charge in [0.05, 0.1) is 0 Å². The highest BCUT2D eigenvalue weighted by molar-refractivity contribution is 5.87. The number of benzene rings is 2. The zero-order valence-electron chi connectivity index (χ0n) is 11.2. The molecule has 0 fully saturated rings. The molecule has 5 heteroatoms. The van der Waals surface area contributed by atoms with Crippen molar-refractivity contribution >= 4 is 10.9 Å². The van der Waals surface area contributed by atoms with Gasteiger partial charge in [0.25, 0.3) is 0 Å². The minimum Gasteiger partial charge on any atom is -0.406 e. The predicted octanol–water partition coefficient (Wildman–Crippen LogP) is 5.04. The molecule has 0 spiro atoms. The Labute approximate surface area is 119 Å². The maximum Gasteiger partial charge on any atom is 0.573 e. The first kappa shape index (κ1) is 13.5. The van der Waals surface area contributed by atoms with Gasteiger partial charge in [-0.2, -0.15) is 0 Å². The molecule has 2 aromatic carbocycles. The Morgan fingerprint density at radius 3 is 2.33 bits per heavy atom. The van der Waals surface area contributed by atoms with Crippen LogP contribution in [0.4, 0.5) is 13.2 Å². The van der Waals surface area contributed by atoms with E-state index in [1.54, 1.807) is 12.1 Å². The zero-order valence-corrected chi connectivity index (χ0v) is 11.2. The molecular weight excluding hydrogens is 279 g/mol. The van der Waals surface area contributed by atoms with Gasteiger partial charge >= 0.3 is 6.36 Å². The second-order valence-electron chi connectivity index (χ2n) is 4.80. The van der Waals surface area contributed by atoms with Gasteiger partial charge in [0.2, 0.25) is 0 Å². The van der Waals surface area contributed by atoms with Crippen molar-refractivity contribution in [2.24, 2.45) is 0 Å². The van der Waals surface area contributed by atoms with Crippen LogP contribution >= 0.6 is 0 Å². The number of rotatable bonds is 2. The largest absolute Gasteiger partial charge is 0.573 e. The van der Waals surface area contributed by atoms with Crippen LogP contribution in [0.2, 0.25) is 0 Å². The number of aromatic amines is 1. The van der Waals surface area contributed by atoms with Gasteiger partial charge in [-0.15, -0.1) is 13.2 Å². The smallest absolute Gasteiger partial charge is 0.406 e. The molecule has 3 aromatic rings. The van der Waals surface area contributed by atoms with Crippen molar-refractivity contribution in [3.63, 3.8) is 0 Å². The molecule has 0 saturated heterocycles. The fourth-order valence-electron chi connectivity index (χ4n) is 2.37. The van der Waals surface area contributed by atoms with Crippen molar-refractivity contribution in [1.29, 1.82) is 0 Å². The molecule has 0 amide bonds. The van der Waals surface area contributed by atoms with Crippen molar-refractivity contribution in [2.75, 3.05) is 0 Å². The summed E-state index contributed by atoms with van der Waals surface area (Å²) < 4.78 is 40.3. The quantitative estimate of drug-likeness (QED) is 0.702. The third-order valence-electron chi connectivity index (χ3n) is 3.30. The van der Waals surface area contributed by atoms with Gasteiger partial charge in [0.1, 0.15) is 5.75 Å². The zero-order chi connectivity index (χ0) is 15.0. The lowest BCUT2D eigenvalue weighted by Crippen LogP contribution is -2.16. The molecule has 0 atom stereocenters. The van der Waals surface area contributed by atoms with Crippen LogP contribution < -0.4 is 4.74 Å². The first-order chi connectivity index (χ1) is 9.92. The fourth-order valence-corrected chi connectivity index (χ4v) is 2.37. The van der Waals surface area contributed by atoms with Crippen LogP contribution in [0.15, 0.2) is 48.7 Å². The summed E-state index contributed by atoms with van der Waals surface area (Å²) in [6, 6.07) is 11.8. The molecule has 21 heavy (non-hydrogen) atoms. The third-order valence-corrected chi connectivity index (χ3v) is 3.30. The number of H-pyrrole nitrogens is 1. The second kappa shape index (κ2) is 4.84. The molecule has 1 N–H and O–H groups in total. The molecule has 0 saturated carbocycles. The first-order valence-corrected chi connectivity index (χ1v) is 6.36. The highest BCUT2D eigenvalue weighted by Gasteiger charge is 2.30. The molecule has 108 valence electrons. The van der Waals surface area contributed by atoms with Crippen molar-refractivity contribution in [1.82, 2.24) is 4.98 Å². The Kier molecular flexibility index (Phi) is 3.12. The number of fused-ring (bicyclic) bond motifs is 1. The summed E-state index contributed by atoms with van der Waals surface area (Å²) in [5, 5.41) is 1.13. The van der Waals surface area contributed by atoms with E-state index < -0.39 is 6.36 Å². The normalized spacial score (nSPS) is 11.8. The summed E-state index contributed by atoms with van der Waals surface area (Å²) in [6.45, 7) is 2.00. The summed E-state index contributed by atoms with van der Waals surface area (Å²) in [5.41, 5.74) is 3.89. The summed E-state index contributed by atoms with van der Waals surface area (Å²) in [7, 11) is 0. The molecular formula is C16H12F3NO. The number of hydrogen-bond acceptors (Lipinski definition) is 1. The van der Waals surface area contributed by atoms with Gasteiger partial charge in [-0.05, 0) is 47.9 Å². The first-order valence-electron chi connectivity index (χ1n) is 6.36. The Morgan fingerprint density at radius 1 is 0.952 bits per heavy atom. The molecule has 0 radical (unpaired) electrons. The maximum absolute atomic E-state index is 12.1. The monoisotopic (exact) mass is 291 g/mol. The Balaban J connectivity index is 1.95. The van der Waals surface area contributed by atoms with E-state index in [1.165, 1.54) is 12.1 Å². The second-order valence-corrected chi connectivity index (χ2v) is 4.80. The standard InChI is InChI=1S/C16H12F3NO/c1-10-8-12(9-15-14(10)6-7-20-15)11-2-4-13(5-3-11)21-16(17,18)19/h2-9,20H,1H3. The molecule has 0 bridgehead atoms. The van der Waals surface area contributed by atoms with Crippen LogP contribution in [-0.2, 0) is 0 Å². The van der Waals surface area contributed by atoms with E-state index in [-0.39, 0.29) is 5.75 Å². The van der Waals surface area contributed by atoms with Gasteiger partial charge in [-0.1, -0.05) is 18.2 Å². The average molecular weight is 291 g/mol. The van der Waals surface area contributed by atoms with Gasteiger partial charge in [0, 0.05) is 17.1 Å². The van der Waals surface area contributed by atoms with Crippen LogP contribution in [0.1, 0.15) is 5.56 Å². The summed E-state index contributed by atoms with van der Waals surface area (Å²) in [6.07, 6.45) is -2.80. The lowest BCUT2D eigenvalue weighted by Gasteiger charge is -2.10. The van der Waals surface area contributed by atoms with Gasteiger partial charge in [0.15, 0.2) is 0 Å². The minimum absolute atomic E-state index is 0.219. The lowest BCUT2D eigenvalue weighted by molar-refractivity contribution is -0.274. The van der Waals surface area contributed by atoms with E-state index in [0.29, 0.717) is 0 Å². The molecule has 2 nitrogen and oxygen atoms in total. The van der Waals surface area contributed by atoms with E-state index in [1.807, 2.05) is 31.3 Å². The SMILES string of the molecule is Cc1cc(-c2ccc(OC(F)(F)F)cc2)cc2[nH]ccc12. The molecule has 3 rings (SSSR count). The van der Waals surface area contributed by atoms with E-state index in [0.717, 1.165) is 27.6 Å². The Bertz CT molecular complexity index is 772. The van der Waals surface area contributed by atoms with E-state index >= 15 is 0 Å². The van der Waals surface area contributed by atoms with E-state index in [9.17, 15) is 13.2 Å². The Morgan fingerprint density at radius 2 is 1.67 bits per heavy atom.